The molecule has 0 heterocycles. The molecule has 0 N–H and O–H groups in total. The Bertz CT molecular complexity index is 403. The highest BCUT2D eigenvalue weighted by atomic mass is 35.5. The molecule has 0 saturated heterocycles. The quantitative estimate of drug-likeness (QED) is 0.536. The second-order valence-corrected chi connectivity index (χ2v) is 5.70. The molecule has 1 aliphatic rings. The number of halogens is 1. The van der Waals surface area contributed by atoms with Gasteiger partial charge in [-0.25, -0.2) is 0 Å². The van der Waals surface area contributed by atoms with E-state index in [0.29, 0.717) is 11.8 Å². The third kappa shape index (κ3) is 11.2. The fourth-order valence-electron chi connectivity index (χ4n) is 2.33. The summed E-state index contributed by atoms with van der Waals surface area (Å²) in [5, 5.41) is 9.33. The van der Waals surface area contributed by atoms with Crippen LogP contribution in [0.5, 0.6) is 0 Å². The molecule has 2 heteroatoms. The van der Waals surface area contributed by atoms with Crippen LogP contribution in [0.4, 0.5) is 0 Å². The molecule has 1 aromatic carbocycles. The highest BCUT2D eigenvalue weighted by Crippen LogP contribution is 2.25. The second kappa shape index (κ2) is 17.4. The Morgan fingerprint density at radius 2 is 1.61 bits per heavy atom. The van der Waals surface area contributed by atoms with E-state index in [1.165, 1.54) is 24.8 Å². The van der Waals surface area contributed by atoms with E-state index in [-0.39, 0.29) is 0 Å². The molecule has 2 rings (SSSR count). The van der Waals surface area contributed by atoms with Crippen molar-refractivity contribution in [1.82, 2.24) is 0 Å². The zero-order chi connectivity index (χ0) is 18.1. The van der Waals surface area contributed by atoms with Gasteiger partial charge in [0, 0.05) is 10.9 Å². The van der Waals surface area contributed by atoms with Crippen LogP contribution in [0.15, 0.2) is 24.3 Å². The van der Waals surface area contributed by atoms with Gasteiger partial charge in [-0.05, 0) is 36.8 Å². The van der Waals surface area contributed by atoms with E-state index in [1.54, 1.807) is 0 Å². The monoisotopic (exact) mass is 337 g/mol. The number of benzene rings is 1. The number of nitrogens with zero attached hydrogens (tertiary/aromatic N) is 1. The summed E-state index contributed by atoms with van der Waals surface area (Å²) < 4.78 is 0. The highest BCUT2D eigenvalue weighted by Gasteiger charge is 2.10. The number of hydrogen-bond donors (Lipinski definition) is 0. The van der Waals surface area contributed by atoms with Gasteiger partial charge in [0.1, 0.15) is 0 Å². The lowest BCUT2D eigenvalue weighted by molar-refractivity contribution is 0.427. The van der Waals surface area contributed by atoms with Gasteiger partial charge in [0.25, 0.3) is 0 Å². The predicted molar refractivity (Wildman–Crippen MR) is 105 cm³/mol. The van der Waals surface area contributed by atoms with Crippen molar-refractivity contribution in [1.29, 1.82) is 5.26 Å². The molecule has 1 aromatic rings. The van der Waals surface area contributed by atoms with Crippen LogP contribution in [0.3, 0.4) is 0 Å². The Labute approximate surface area is 150 Å². The third-order valence-electron chi connectivity index (χ3n) is 3.84. The third-order valence-corrected chi connectivity index (χ3v) is 4.18. The Morgan fingerprint density at radius 3 is 2.00 bits per heavy atom. The van der Waals surface area contributed by atoms with E-state index >= 15 is 0 Å². The van der Waals surface area contributed by atoms with Crippen molar-refractivity contribution in [3.05, 3.63) is 34.9 Å². The maximum Gasteiger partial charge on any atom is 0.0655 e. The summed E-state index contributed by atoms with van der Waals surface area (Å²) >= 11 is 6.00. The van der Waals surface area contributed by atoms with Crippen molar-refractivity contribution < 1.29 is 0 Å². The van der Waals surface area contributed by atoms with Gasteiger partial charge < -0.3 is 0 Å². The zero-order valence-electron chi connectivity index (χ0n) is 16.0. The summed E-state index contributed by atoms with van der Waals surface area (Å²) in [6.07, 6.45) is 7.34. The molecule has 0 radical (unpaired) electrons. The van der Waals surface area contributed by atoms with Gasteiger partial charge >= 0.3 is 0 Å². The molecule has 0 amide bonds. The highest BCUT2D eigenvalue weighted by molar-refractivity contribution is 6.31. The van der Waals surface area contributed by atoms with E-state index in [4.69, 9.17) is 16.9 Å². The first-order chi connectivity index (χ1) is 11.2. The van der Waals surface area contributed by atoms with E-state index in [1.807, 2.05) is 45.9 Å². The van der Waals surface area contributed by atoms with Crippen LogP contribution in [0.2, 0.25) is 5.02 Å². The van der Waals surface area contributed by atoms with Crippen LogP contribution in [0, 0.1) is 17.2 Å². The summed E-state index contributed by atoms with van der Waals surface area (Å²) in [4.78, 5) is 0. The van der Waals surface area contributed by atoms with Crippen LogP contribution in [-0.2, 0) is 0 Å². The topological polar surface area (TPSA) is 23.8 Å². The van der Waals surface area contributed by atoms with Crippen molar-refractivity contribution in [2.24, 2.45) is 5.92 Å². The van der Waals surface area contributed by atoms with Gasteiger partial charge in [0.05, 0.1) is 6.07 Å². The molecule has 0 spiro atoms. The second-order valence-electron chi connectivity index (χ2n) is 5.29. The Balaban J connectivity index is 0. The lowest BCUT2D eigenvalue weighted by Crippen LogP contribution is -2.02. The SMILES string of the molecule is CC.CC.CCC(C)c1ccccc1Cl.N#CC1CCCCC1. The molecular weight excluding hydrogens is 302 g/mol. The van der Waals surface area contributed by atoms with E-state index in [2.05, 4.69) is 26.0 Å². The maximum atomic E-state index is 8.44. The van der Waals surface area contributed by atoms with Crippen LogP contribution < -0.4 is 0 Å². The van der Waals surface area contributed by atoms with Crippen LogP contribution in [0.25, 0.3) is 0 Å². The molecule has 0 bridgehead atoms. The van der Waals surface area contributed by atoms with E-state index < -0.39 is 0 Å². The van der Waals surface area contributed by atoms with Crippen molar-refractivity contribution >= 4 is 11.6 Å². The van der Waals surface area contributed by atoms with Crippen LogP contribution in [-0.4, -0.2) is 0 Å². The number of rotatable bonds is 2. The van der Waals surface area contributed by atoms with Gasteiger partial charge in [-0.1, -0.05) is 90.6 Å². The minimum Gasteiger partial charge on any atom is -0.198 e. The Kier molecular flexibility index (Phi) is 18.3. The van der Waals surface area contributed by atoms with Crippen LogP contribution in [0.1, 0.15) is 91.5 Å². The lowest BCUT2D eigenvalue weighted by Gasteiger charge is -2.13. The summed E-state index contributed by atoms with van der Waals surface area (Å²) in [5.74, 6) is 0.965. The average Bonchev–Trinajstić information content (AvgIpc) is 2.66. The fraction of sp³-hybridized carbons (Fsp3) is 0.667. The van der Waals surface area contributed by atoms with Gasteiger partial charge in [-0.2, -0.15) is 5.26 Å². The minimum absolute atomic E-state index is 0.392. The zero-order valence-corrected chi connectivity index (χ0v) is 16.8. The molecule has 23 heavy (non-hydrogen) atoms. The normalized spacial score (nSPS) is 14.5. The molecule has 1 nitrogen and oxygen atoms in total. The molecule has 1 fully saturated rings. The summed E-state index contributed by atoms with van der Waals surface area (Å²) in [6.45, 7) is 12.4. The first kappa shape index (κ1) is 24.3. The van der Waals surface area contributed by atoms with Crippen molar-refractivity contribution in [3.8, 4) is 6.07 Å². The number of hydrogen-bond acceptors (Lipinski definition) is 1. The molecule has 1 unspecified atom stereocenters. The fourth-order valence-corrected chi connectivity index (χ4v) is 2.65. The maximum absolute atomic E-state index is 8.44. The number of nitriles is 1. The van der Waals surface area contributed by atoms with E-state index in [0.717, 1.165) is 24.3 Å². The standard InChI is InChI=1S/C10H13Cl.C7H11N.2C2H6/c1-3-8(2)9-6-4-5-7-10(9)11;8-6-7-4-2-1-3-5-7;2*1-2/h4-8H,3H2,1-2H3;7H,1-5H2;2*1-2H3. The summed E-state index contributed by atoms with van der Waals surface area (Å²) in [6, 6.07) is 10.3. The molecule has 132 valence electrons. The van der Waals surface area contributed by atoms with Gasteiger partial charge in [0.2, 0.25) is 0 Å². The van der Waals surface area contributed by atoms with Crippen molar-refractivity contribution in [2.45, 2.75) is 86.0 Å². The first-order valence-electron chi connectivity index (χ1n) is 9.33. The van der Waals surface area contributed by atoms with Crippen molar-refractivity contribution in [2.75, 3.05) is 0 Å². The average molecular weight is 338 g/mol. The smallest absolute Gasteiger partial charge is 0.0655 e. The molecule has 1 atom stereocenters. The van der Waals surface area contributed by atoms with Crippen LogP contribution >= 0.6 is 11.6 Å². The molecule has 1 aliphatic carbocycles. The molecular formula is C21H36ClN. The Morgan fingerprint density at radius 1 is 1.09 bits per heavy atom. The first-order valence-corrected chi connectivity index (χ1v) is 9.70. The molecule has 0 aliphatic heterocycles. The van der Waals surface area contributed by atoms with Gasteiger partial charge in [-0.3, -0.25) is 0 Å². The Hall–Kier alpha value is -1.00. The predicted octanol–water partition coefficient (Wildman–Crippen LogP) is 8.00. The lowest BCUT2D eigenvalue weighted by atomic mass is 9.91. The van der Waals surface area contributed by atoms with Gasteiger partial charge in [-0.15, -0.1) is 0 Å². The van der Waals surface area contributed by atoms with Crippen molar-refractivity contribution in [3.63, 3.8) is 0 Å². The molecule has 1 saturated carbocycles. The summed E-state index contributed by atoms with van der Waals surface area (Å²) in [7, 11) is 0. The van der Waals surface area contributed by atoms with Gasteiger partial charge in [0.15, 0.2) is 0 Å². The largest absolute Gasteiger partial charge is 0.198 e. The minimum atomic E-state index is 0.392. The van der Waals surface area contributed by atoms with E-state index in [9.17, 15) is 0 Å². The summed E-state index contributed by atoms with van der Waals surface area (Å²) in [5.41, 5.74) is 1.26. The molecule has 0 aromatic heterocycles.